The number of benzene rings is 1. The first-order valence-electron chi connectivity index (χ1n) is 11.3. The molecule has 1 aliphatic heterocycles. The first-order chi connectivity index (χ1) is 14.1. The van der Waals surface area contributed by atoms with Gasteiger partial charge >= 0.3 is 0 Å². The zero-order valence-corrected chi connectivity index (χ0v) is 18.1. The van der Waals surface area contributed by atoms with Gasteiger partial charge in [-0.1, -0.05) is 37.5 Å². The molecule has 1 aromatic carbocycles. The van der Waals surface area contributed by atoms with Crippen LogP contribution in [0.25, 0.3) is 0 Å². The van der Waals surface area contributed by atoms with Crippen LogP contribution in [0.1, 0.15) is 37.7 Å². The van der Waals surface area contributed by atoms with Crippen molar-refractivity contribution in [2.24, 2.45) is 0 Å². The molecule has 0 spiro atoms. The third-order valence-corrected chi connectivity index (χ3v) is 6.30. The van der Waals surface area contributed by atoms with Gasteiger partial charge in [0.1, 0.15) is 18.5 Å². The molecule has 0 radical (unpaired) electrons. The molecule has 5 nitrogen and oxygen atoms in total. The predicted molar refractivity (Wildman–Crippen MR) is 119 cm³/mol. The van der Waals surface area contributed by atoms with Crippen molar-refractivity contribution in [2.75, 3.05) is 52.9 Å². The molecule has 1 saturated carbocycles. The monoisotopic (exact) mass is 401 g/mol. The molecule has 1 N–H and O–H groups in total. The summed E-state index contributed by atoms with van der Waals surface area (Å²) in [7, 11) is 2.13. The van der Waals surface area contributed by atoms with E-state index in [1.165, 1.54) is 37.7 Å². The van der Waals surface area contributed by atoms with Gasteiger partial charge < -0.3 is 14.7 Å². The number of likely N-dealkylation sites (N-methyl/N-ethyl adjacent to an activating group) is 1. The fraction of sp³-hybridized carbons (Fsp3) is 0.667. The maximum Gasteiger partial charge on any atom is 0.119 e. The summed E-state index contributed by atoms with van der Waals surface area (Å²) >= 11 is 0. The quantitative estimate of drug-likeness (QED) is 0.610. The van der Waals surface area contributed by atoms with Crippen LogP contribution in [-0.4, -0.2) is 84.9 Å². The molecule has 1 aromatic rings. The maximum absolute atomic E-state index is 10.4. The Balaban J connectivity index is 1.40. The van der Waals surface area contributed by atoms with Crippen LogP contribution in [0, 0.1) is 0 Å². The van der Waals surface area contributed by atoms with Gasteiger partial charge in [0.05, 0.1) is 0 Å². The number of hydrogen-bond donors (Lipinski definition) is 1. The summed E-state index contributed by atoms with van der Waals surface area (Å²) in [6, 6.07) is 8.94. The van der Waals surface area contributed by atoms with E-state index in [1.54, 1.807) is 0 Å². The third-order valence-electron chi connectivity index (χ3n) is 6.30. The van der Waals surface area contributed by atoms with Gasteiger partial charge in [-0.2, -0.15) is 0 Å². The summed E-state index contributed by atoms with van der Waals surface area (Å²) in [5, 5.41) is 10.4. The van der Waals surface area contributed by atoms with Gasteiger partial charge in [-0.15, -0.1) is 6.58 Å². The number of aliphatic hydroxyl groups is 1. The van der Waals surface area contributed by atoms with Crippen molar-refractivity contribution in [3.63, 3.8) is 0 Å². The lowest BCUT2D eigenvalue weighted by Crippen LogP contribution is -2.45. The highest BCUT2D eigenvalue weighted by Crippen LogP contribution is 2.22. The fourth-order valence-electron chi connectivity index (χ4n) is 4.55. The Bertz CT molecular complexity index is 610. The number of ether oxygens (including phenoxy) is 1. The first kappa shape index (κ1) is 22.3. The first-order valence-corrected chi connectivity index (χ1v) is 11.3. The molecule has 29 heavy (non-hydrogen) atoms. The molecule has 1 atom stereocenters. The number of rotatable bonds is 10. The average Bonchev–Trinajstić information content (AvgIpc) is 2.75. The van der Waals surface area contributed by atoms with Crippen LogP contribution in [-0.2, 0) is 6.54 Å². The van der Waals surface area contributed by atoms with E-state index in [9.17, 15) is 5.11 Å². The van der Waals surface area contributed by atoms with E-state index >= 15 is 0 Å². The van der Waals surface area contributed by atoms with Crippen molar-refractivity contribution in [1.82, 2.24) is 14.7 Å². The van der Waals surface area contributed by atoms with Gasteiger partial charge in [0, 0.05) is 51.9 Å². The summed E-state index contributed by atoms with van der Waals surface area (Å²) < 4.78 is 5.92. The Morgan fingerprint density at radius 3 is 2.62 bits per heavy atom. The maximum atomic E-state index is 10.4. The topological polar surface area (TPSA) is 39.2 Å². The van der Waals surface area contributed by atoms with Crippen molar-refractivity contribution in [3.8, 4) is 5.75 Å². The standard InChI is InChI=1S/C24H39N3O2/c1-3-12-26-13-15-27(16-14-26)18-21-8-7-11-24(17-21)29-20-23(28)19-25(2)22-9-5-4-6-10-22/h3,7-8,11,17,22-23,28H,1,4-6,9-10,12-16,18-20H2,2H3/t23-/m1/s1. The summed E-state index contributed by atoms with van der Waals surface area (Å²) in [5.74, 6) is 0.854. The average molecular weight is 402 g/mol. The van der Waals surface area contributed by atoms with Gasteiger partial charge in [0.25, 0.3) is 0 Å². The van der Waals surface area contributed by atoms with Crippen molar-refractivity contribution in [3.05, 3.63) is 42.5 Å². The van der Waals surface area contributed by atoms with E-state index in [1.807, 2.05) is 12.1 Å². The Morgan fingerprint density at radius 2 is 1.90 bits per heavy atom. The lowest BCUT2D eigenvalue weighted by molar-refractivity contribution is 0.0561. The molecule has 2 aliphatic rings. The third kappa shape index (κ3) is 7.41. The molecule has 2 fully saturated rings. The number of nitrogens with zero attached hydrogens (tertiary/aromatic N) is 3. The molecule has 0 amide bonds. The number of aliphatic hydroxyl groups excluding tert-OH is 1. The lowest BCUT2D eigenvalue weighted by atomic mass is 9.94. The Kier molecular flexibility index (Phi) is 8.99. The molecule has 162 valence electrons. The van der Waals surface area contributed by atoms with E-state index in [-0.39, 0.29) is 0 Å². The smallest absolute Gasteiger partial charge is 0.119 e. The minimum atomic E-state index is -0.455. The van der Waals surface area contributed by atoms with E-state index in [2.05, 4.69) is 46.5 Å². The number of piperazine rings is 1. The van der Waals surface area contributed by atoms with Crippen LogP contribution < -0.4 is 4.74 Å². The molecule has 0 aromatic heterocycles. The van der Waals surface area contributed by atoms with E-state index in [0.717, 1.165) is 45.0 Å². The molecule has 5 heteroatoms. The highest BCUT2D eigenvalue weighted by Gasteiger charge is 2.20. The van der Waals surface area contributed by atoms with Gasteiger partial charge in [0.2, 0.25) is 0 Å². The van der Waals surface area contributed by atoms with Crippen LogP contribution in [0.5, 0.6) is 5.75 Å². The van der Waals surface area contributed by atoms with E-state index in [4.69, 9.17) is 4.74 Å². The van der Waals surface area contributed by atoms with Gasteiger partial charge in [0.15, 0.2) is 0 Å². The van der Waals surface area contributed by atoms with Crippen molar-refractivity contribution >= 4 is 0 Å². The summed E-state index contributed by atoms with van der Waals surface area (Å²) in [5.41, 5.74) is 1.27. The molecule has 1 heterocycles. The van der Waals surface area contributed by atoms with Gasteiger partial charge in [-0.05, 0) is 37.6 Å². The van der Waals surface area contributed by atoms with E-state index in [0.29, 0.717) is 19.2 Å². The van der Waals surface area contributed by atoms with Crippen LogP contribution in [0.15, 0.2) is 36.9 Å². The Labute approximate surface area is 176 Å². The highest BCUT2D eigenvalue weighted by molar-refractivity contribution is 5.28. The minimum Gasteiger partial charge on any atom is -0.491 e. The molecule has 1 saturated heterocycles. The van der Waals surface area contributed by atoms with Crippen LogP contribution in [0.2, 0.25) is 0 Å². The zero-order chi connectivity index (χ0) is 20.5. The van der Waals surface area contributed by atoms with Crippen LogP contribution >= 0.6 is 0 Å². The van der Waals surface area contributed by atoms with E-state index < -0.39 is 6.10 Å². The van der Waals surface area contributed by atoms with Crippen molar-refractivity contribution < 1.29 is 9.84 Å². The molecule has 3 rings (SSSR count). The predicted octanol–water partition coefficient (Wildman–Crippen LogP) is 2.99. The number of hydrogen-bond acceptors (Lipinski definition) is 5. The van der Waals surface area contributed by atoms with Crippen LogP contribution in [0.3, 0.4) is 0 Å². The summed E-state index contributed by atoms with van der Waals surface area (Å²) in [6.45, 7) is 11.2. The SMILES string of the molecule is C=CCN1CCN(Cc2cccc(OC[C@H](O)CN(C)C3CCCCC3)c2)CC1. The van der Waals surface area contributed by atoms with Crippen LogP contribution in [0.4, 0.5) is 0 Å². The fourth-order valence-corrected chi connectivity index (χ4v) is 4.55. The molecular weight excluding hydrogens is 362 g/mol. The largest absolute Gasteiger partial charge is 0.491 e. The minimum absolute atomic E-state index is 0.348. The normalized spacial score (nSPS) is 20.7. The summed E-state index contributed by atoms with van der Waals surface area (Å²) in [4.78, 5) is 7.25. The molecule has 0 unspecified atom stereocenters. The molecule has 1 aliphatic carbocycles. The van der Waals surface area contributed by atoms with Gasteiger partial charge in [-0.3, -0.25) is 9.80 Å². The summed E-state index contributed by atoms with van der Waals surface area (Å²) in [6.07, 6.45) is 8.04. The Morgan fingerprint density at radius 1 is 1.17 bits per heavy atom. The highest BCUT2D eigenvalue weighted by atomic mass is 16.5. The molecular formula is C24H39N3O2. The van der Waals surface area contributed by atoms with Crippen molar-refractivity contribution in [1.29, 1.82) is 0 Å². The molecule has 0 bridgehead atoms. The zero-order valence-electron chi connectivity index (χ0n) is 18.1. The second-order valence-electron chi connectivity index (χ2n) is 8.71. The Hall–Kier alpha value is -1.40. The second kappa shape index (κ2) is 11.7. The second-order valence-corrected chi connectivity index (χ2v) is 8.71. The van der Waals surface area contributed by atoms with Crippen molar-refractivity contribution in [2.45, 2.75) is 50.8 Å². The lowest BCUT2D eigenvalue weighted by Gasteiger charge is -2.34. The van der Waals surface area contributed by atoms with Gasteiger partial charge in [-0.25, -0.2) is 0 Å².